The van der Waals surface area contributed by atoms with Crippen LogP contribution in [0.25, 0.3) is 0 Å². The molecule has 0 bridgehead atoms. The highest BCUT2D eigenvalue weighted by atomic mass is 16.5. The van der Waals surface area contributed by atoms with Crippen LogP contribution in [0.3, 0.4) is 0 Å². The summed E-state index contributed by atoms with van der Waals surface area (Å²) in [6, 6.07) is 22.6. The number of methoxy groups -OCH3 is 1. The molecular weight excluding hydrogens is 396 g/mol. The average molecular weight is 418 g/mol. The van der Waals surface area contributed by atoms with Gasteiger partial charge in [-0.2, -0.15) is 0 Å². The maximum Gasteiger partial charge on any atom is 0.338 e. The number of carbonyl (C=O) groups excluding carboxylic acids is 3. The van der Waals surface area contributed by atoms with E-state index in [0.717, 1.165) is 5.56 Å². The zero-order valence-corrected chi connectivity index (χ0v) is 17.0. The molecule has 0 aliphatic rings. The number of anilines is 1. The molecule has 0 atom stereocenters. The molecule has 0 aliphatic heterocycles. The van der Waals surface area contributed by atoms with Gasteiger partial charge in [-0.15, -0.1) is 0 Å². The molecule has 2 N–H and O–H groups in total. The van der Waals surface area contributed by atoms with E-state index in [9.17, 15) is 14.4 Å². The first-order valence-corrected chi connectivity index (χ1v) is 9.59. The number of hydrogen-bond acceptors (Lipinski definition) is 5. The van der Waals surface area contributed by atoms with Gasteiger partial charge >= 0.3 is 5.97 Å². The Morgan fingerprint density at radius 3 is 2.39 bits per heavy atom. The van der Waals surface area contributed by atoms with Gasteiger partial charge in [0.15, 0.2) is 6.61 Å². The van der Waals surface area contributed by atoms with Gasteiger partial charge in [-0.3, -0.25) is 9.59 Å². The number of carbonyl (C=O) groups is 3. The minimum absolute atomic E-state index is 0.271. The number of amides is 2. The largest absolute Gasteiger partial charge is 0.497 e. The summed E-state index contributed by atoms with van der Waals surface area (Å²) < 4.78 is 10.1. The first-order valence-electron chi connectivity index (χ1n) is 9.59. The standard InChI is InChI=1S/C24H22N2O5/c1-30-19-11-7-10-18(14-19)24(29)31-16-22(27)26-21-13-6-5-12-20(21)23(28)25-15-17-8-3-2-4-9-17/h2-14H,15-16H2,1H3,(H,25,28)(H,26,27). The fraction of sp³-hybridized carbons (Fsp3) is 0.125. The number of ether oxygens (including phenoxy) is 2. The summed E-state index contributed by atoms with van der Waals surface area (Å²) in [5.74, 6) is -1.02. The number of rotatable bonds is 8. The van der Waals surface area contributed by atoms with Gasteiger partial charge in [0.2, 0.25) is 0 Å². The third kappa shape index (κ3) is 6.17. The third-order valence-corrected chi connectivity index (χ3v) is 4.38. The van der Waals surface area contributed by atoms with Gasteiger partial charge in [0.1, 0.15) is 5.75 Å². The van der Waals surface area contributed by atoms with Crippen LogP contribution < -0.4 is 15.4 Å². The topological polar surface area (TPSA) is 93.7 Å². The van der Waals surface area contributed by atoms with E-state index in [1.54, 1.807) is 42.5 Å². The summed E-state index contributed by atoms with van der Waals surface area (Å²) in [6.45, 7) is -0.129. The van der Waals surface area contributed by atoms with E-state index >= 15 is 0 Å². The van der Waals surface area contributed by atoms with Crippen LogP contribution in [0.4, 0.5) is 5.69 Å². The first kappa shape index (κ1) is 21.6. The van der Waals surface area contributed by atoms with E-state index in [0.29, 0.717) is 23.5 Å². The van der Waals surface area contributed by atoms with E-state index in [-0.39, 0.29) is 11.5 Å². The van der Waals surface area contributed by atoms with Crippen LogP contribution in [0.15, 0.2) is 78.9 Å². The minimum atomic E-state index is -0.650. The Balaban J connectivity index is 1.57. The quantitative estimate of drug-likeness (QED) is 0.547. The van der Waals surface area contributed by atoms with E-state index in [1.165, 1.54) is 13.2 Å². The fourth-order valence-electron chi connectivity index (χ4n) is 2.81. The van der Waals surface area contributed by atoms with E-state index < -0.39 is 18.5 Å². The van der Waals surface area contributed by atoms with Crippen molar-refractivity contribution in [3.8, 4) is 5.75 Å². The van der Waals surface area contributed by atoms with Gasteiger partial charge < -0.3 is 20.1 Å². The number of benzene rings is 3. The SMILES string of the molecule is COc1cccc(C(=O)OCC(=O)Nc2ccccc2C(=O)NCc2ccccc2)c1. The van der Waals surface area contributed by atoms with Crippen molar-refractivity contribution in [2.75, 3.05) is 19.0 Å². The van der Waals surface area contributed by atoms with Crippen molar-refractivity contribution < 1.29 is 23.9 Å². The Bertz CT molecular complexity index is 1070. The van der Waals surface area contributed by atoms with Gasteiger partial charge in [0.05, 0.1) is 23.9 Å². The van der Waals surface area contributed by atoms with Crippen LogP contribution >= 0.6 is 0 Å². The zero-order valence-electron chi connectivity index (χ0n) is 17.0. The molecule has 0 radical (unpaired) electrons. The molecule has 31 heavy (non-hydrogen) atoms. The molecule has 7 heteroatoms. The van der Waals surface area contributed by atoms with Crippen molar-refractivity contribution in [2.45, 2.75) is 6.54 Å². The monoisotopic (exact) mass is 418 g/mol. The molecule has 0 unspecified atom stereocenters. The molecule has 7 nitrogen and oxygen atoms in total. The Morgan fingerprint density at radius 2 is 1.61 bits per heavy atom. The molecule has 0 fully saturated rings. The second-order valence-corrected chi connectivity index (χ2v) is 6.57. The average Bonchev–Trinajstić information content (AvgIpc) is 2.82. The second-order valence-electron chi connectivity index (χ2n) is 6.57. The highest BCUT2D eigenvalue weighted by Crippen LogP contribution is 2.16. The van der Waals surface area contributed by atoms with Crippen molar-refractivity contribution in [3.63, 3.8) is 0 Å². The third-order valence-electron chi connectivity index (χ3n) is 4.38. The Kier molecular flexibility index (Phi) is 7.37. The lowest BCUT2D eigenvalue weighted by atomic mass is 10.1. The summed E-state index contributed by atoms with van der Waals surface area (Å²) in [5, 5.41) is 5.44. The highest BCUT2D eigenvalue weighted by Gasteiger charge is 2.15. The summed E-state index contributed by atoms with van der Waals surface area (Å²) >= 11 is 0. The summed E-state index contributed by atoms with van der Waals surface area (Å²) in [6.07, 6.45) is 0. The van der Waals surface area contributed by atoms with Gasteiger partial charge in [-0.05, 0) is 35.9 Å². The molecule has 3 rings (SSSR count). The Hall–Kier alpha value is -4.13. The lowest BCUT2D eigenvalue weighted by Gasteiger charge is -2.12. The molecule has 0 aromatic heterocycles. The molecule has 3 aromatic carbocycles. The summed E-state index contributed by atoms with van der Waals surface area (Å²) in [5.41, 5.74) is 1.87. The second kappa shape index (κ2) is 10.6. The van der Waals surface area contributed by atoms with Crippen molar-refractivity contribution in [1.29, 1.82) is 0 Å². The Labute approximate surface area is 180 Å². The van der Waals surface area contributed by atoms with Gasteiger partial charge in [-0.25, -0.2) is 4.79 Å². The maximum atomic E-state index is 12.6. The number of hydrogen-bond donors (Lipinski definition) is 2. The smallest absolute Gasteiger partial charge is 0.338 e. The normalized spacial score (nSPS) is 10.1. The molecular formula is C24H22N2O5. The summed E-state index contributed by atoms with van der Waals surface area (Å²) in [7, 11) is 1.49. The number of para-hydroxylation sites is 1. The van der Waals surface area contributed by atoms with E-state index in [2.05, 4.69) is 10.6 Å². The molecule has 3 aromatic rings. The maximum absolute atomic E-state index is 12.6. The lowest BCUT2D eigenvalue weighted by Crippen LogP contribution is -2.26. The molecule has 0 spiro atoms. The molecule has 0 heterocycles. The lowest BCUT2D eigenvalue weighted by molar-refractivity contribution is -0.119. The summed E-state index contributed by atoms with van der Waals surface area (Å²) in [4.78, 5) is 37.0. The first-order chi connectivity index (χ1) is 15.1. The zero-order chi connectivity index (χ0) is 22.1. The van der Waals surface area contributed by atoms with Crippen molar-refractivity contribution in [3.05, 3.63) is 95.6 Å². The fourth-order valence-corrected chi connectivity index (χ4v) is 2.81. The molecule has 2 amide bonds. The van der Waals surface area contributed by atoms with Crippen molar-refractivity contribution >= 4 is 23.5 Å². The van der Waals surface area contributed by atoms with Crippen LogP contribution in [0.2, 0.25) is 0 Å². The van der Waals surface area contributed by atoms with E-state index in [4.69, 9.17) is 9.47 Å². The van der Waals surface area contributed by atoms with Crippen LogP contribution in [0.1, 0.15) is 26.3 Å². The number of nitrogens with one attached hydrogen (secondary N) is 2. The predicted octanol–water partition coefficient (Wildman–Crippen LogP) is 3.42. The van der Waals surface area contributed by atoms with Crippen LogP contribution in [-0.4, -0.2) is 31.5 Å². The molecule has 0 saturated heterocycles. The molecule has 0 aliphatic carbocycles. The predicted molar refractivity (Wildman–Crippen MR) is 116 cm³/mol. The minimum Gasteiger partial charge on any atom is -0.497 e. The van der Waals surface area contributed by atoms with Crippen LogP contribution in [0.5, 0.6) is 5.75 Å². The van der Waals surface area contributed by atoms with Crippen molar-refractivity contribution in [2.24, 2.45) is 0 Å². The molecule has 0 saturated carbocycles. The van der Waals surface area contributed by atoms with Crippen LogP contribution in [0, 0.1) is 0 Å². The molecule has 158 valence electrons. The highest BCUT2D eigenvalue weighted by molar-refractivity contribution is 6.04. The number of esters is 1. The van der Waals surface area contributed by atoms with Crippen molar-refractivity contribution in [1.82, 2.24) is 5.32 Å². The van der Waals surface area contributed by atoms with Gasteiger partial charge in [0.25, 0.3) is 11.8 Å². The van der Waals surface area contributed by atoms with E-state index in [1.807, 2.05) is 30.3 Å². The van der Waals surface area contributed by atoms with Gasteiger partial charge in [0, 0.05) is 6.54 Å². The van der Waals surface area contributed by atoms with Crippen LogP contribution in [-0.2, 0) is 16.1 Å². The van der Waals surface area contributed by atoms with Gasteiger partial charge in [-0.1, -0.05) is 48.5 Å². The Morgan fingerprint density at radius 1 is 0.871 bits per heavy atom.